The Kier molecular flexibility index (Phi) is 7.71. The van der Waals surface area contributed by atoms with E-state index in [4.69, 9.17) is 14.6 Å². The molecular weight excluding hydrogens is 488 g/mol. The molecule has 0 fully saturated rings. The third-order valence-electron chi connectivity index (χ3n) is 6.16. The monoisotopic (exact) mass is 516 g/mol. The number of nitrogens with one attached hydrogen (secondary N) is 1. The molecule has 0 amide bonds. The third-order valence-corrected chi connectivity index (χ3v) is 6.16. The fourth-order valence-corrected chi connectivity index (χ4v) is 4.57. The summed E-state index contributed by atoms with van der Waals surface area (Å²) < 4.78 is 12.4. The Morgan fingerprint density at radius 2 is 1.58 bits per heavy atom. The molecule has 38 heavy (non-hydrogen) atoms. The lowest BCUT2D eigenvalue weighted by atomic mass is 9.79. The molecule has 1 aliphatic heterocycles. The molecular formula is C28H28N4O6. The predicted molar refractivity (Wildman–Crippen MR) is 140 cm³/mol. The summed E-state index contributed by atoms with van der Waals surface area (Å²) in [5.74, 6) is -2.08. The number of non-ortho nitro benzene ring substituents is 1. The van der Waals surface area contributed by atoms with Crippen molar-refractivity contribution in [2.75, 3.05) is 13.2 Å². The molecule has 0 saturated heterocycles. The number of dihydropyridines is 1. The lowest BCUT2D eigenvalue weighted by molar-refractivity contribution is -0.384. The van der Waals surface area contributed by atoms with Gasteiger partial charge in [-0.1, -0.05) is 30.3 Å². The highest BCUT2D eigenvalue weighted by Gasteiger charge is 2.40. The first-order valence-corrected chi connectivity index (χ1v) is 12.2. The maximum absolute atomic E-state index is 13.3. The van der Waals surface area contributed by atoms with Crippen molar-refractivity contribution in [2.24, 2.45) is 0 Å². The summed E-state index contributed by atoms with van der Waals surface area (Å²) >= 11 is 0. The van der Waals surface area contributed by atoms with E-state index < -0.39 is 22.8 Å². The van der Waals surface area contributed by atoms with Crippen molar-refractivity contribution in [1.82, 2.24) is 15.1 Å². The second kappa shape index (κ2) is 11.1. The Morgan fingerprint density at radius 3 is 2.13 bits per heavy atom. The topological polar surface area (TPSA) is 126 Å². The van der Waals surface area contributed by atoms with Crippen molar-refractivity contribution in [3.05, 3.63) is 99.0 Å². The minimum Gasteiger partial charge on any atom is -0.463 e. The van der Waals surface area contributed by atoms with Gasteiger partial charge in [-0.25, -0.2) is 14.3 Å². The summed E-state index contributed by atoms with van der Waals surface area (Å²) in [5, 5.41) is 19.4. The Hall–Kier alpha value is -4.73. The highest BCUT2D eigenvalue weighted by molar-refractivity contribution is 6.00. The number of hydrogen-bond acceptors (Lipinski definition) is 8. The number of aromatic nitrogens is 2. The number of benzene rings is 2. The summed E-state index contributed by atoms with van der Waals surface area (Å²) in [4.78, 5) is 37.6. The fourth-order valence-electron chi connectivity index (χ4n) is 4.57. The summed E-state index contributed by atoms with van der Waals surface area (Å²) in [7, 11) is 0. The molecule has 2 heterocycles. The van der Waals surface area contributed by atoms with Crippen LogP contribution in [0, 0.1) is 10.1 Å². The van der Waals surface area contributed by atoms with Crippen LogP contribution < -0.4 is 5.32 Å². The van der Waals surface area contributed by atoms with E-state index in [1.807, 2.05) is 30.3 Å². The van der Waals surface area contributed by atoms with Crippen LogP contribution >= 0.6 is 0 Å². The Morgan fingerprint density at radius 1 is 0.974 bits per heavy atom. The molecule has 0 atom stereocenters. The van der Waals surface area contributed by atoms with Crippen LogP contribution in [0.25, 0.3) is 16.9 Å². The lowest BCUT2D eigenvalue weighted by Crippen LogP contribution is -2.32. The lowest BCUT2D eigenvalue weighted by Gasteiger charge is -2.30. The SMILES string of the molecule is CCOC(=O)C1=C(C)NC(C)=C(C(=O)OCC)C1c1cn(-c2ccccc2)nc1-c1cccc([N+](=O)[O-])c1. The van der Waals surface area contributed by atoms with E-state index in [1.165, 1.54) is 12.1 Å². The van der Waals surface area contributed by atoms with E-state index in [0.717, 1.165) is 5.69 Å². The van der Waals surface area contributed by atoms with E-state index in [9.17, 15) is 19.7 Å². The molecule has 0 unspecified atom stereocenters. The highest BCUT2D eigenvalue weighted by Crippen LogP contribution is 2.43. The van der Waals surface area contributed by atoms with Crippen LogP contribution in [0.1, 0.15) is 39.2 Å². The maximum Gasteiger partial charge on any atom is 0.336 e. The van der Waals surface area contributed by atoms with Crippen LogP contribution in [-0.2, 0) is 19.1 Å². The number of esters is 2. The van der Waals surface area contributed by atoms with E-state index in [-0.39, 0.29) is 30.0 Å². The first-order chi connectivity index (χ1) is 18.3. The third kappa shape index (κ3) is 5.06. The van der Waals surface area contributed by atoms with E-state index in [1.54, 1.807) is 50.7 Å². The summed E-state index contributed by atoms with van der Waals surface area (Å²) in [6.07, 6.45) is 1.73. The van der Waals surface area contributed by atoms with Gasteiger partial charge in [-0.05, 0) is 39.8 Å². The molecule has 10 nitrogen and oxygen atoms in total. The van der Waals surface area contributed by atoms with E-state index in [0.29, 0.717) is 28.2 Å². The van der Waals surface area contributed by atoms with Crippen molar-refractivity contribution < 1.29 is 24.0 Å². The van der Waals surface area contributed by atoms with Gasteiger partial charge in [0.2, 0.25) is 0 Å². The number of allylic oxidation sites excluding steroid dienone is 2. The van der Waals surface area contributed by atoms with Crippen molar-refractivity contribution in [3.8, 4) is 16.9 Å². The molecule has 0 bridgehead atoms. The van der Waals surface area contributed by atoms with Gasteiger partial charge in [0, 0.05) is 40.9 Å². The van der Waals surface area contributed by atoms with Gasteiger partial charge < -0.3 is 14.8 Å². The molecule has 1 aromatic heterocycles. The minimum absolute atomic E-state index is 0.109. The predicted octanol–water partition coefficient (Wildman–Crippen LogP) is 4.81. The van der Waals surface area contributed by atoms with Gasteiger partial charge in [0.1, 0.15) is 0 Å². The fraction of sp³-hybridized carbons (Fsp3) is 0.250. The van der Waals surface area contributed by atoms with Crippen molar-refractivity contribution in [2.45, 2.75) is 33.6 Å². The number of nitro benzene ring substituents is 1. The van der Waals surface area contributed by atoms with Crippen molar-refractivity contribution in [3.63, 3.8) is 0 Å². The molecule has 4 rings (SSSR count). The molecule has 10 heteroatoms. The van der Waals surface area contributed by atoms with E-state index in [2.05, 4.69) is 5.32 Å². The molecule has 0 saturated carbocycles. The Balaban J connectivity index is 2.03. The smallest absolute Gasteiger partial charge is 0.336 e. The first-order valence-electron chi connectivity index (χ1n) is 12.2. The highest BCUT2D eigenvalue weighted by atomic mass is 16.6. The van der Waals surface area contributed by atoms with Crippen molar-refractivity contribution in [1.29, 1.82) is 0 Å². The normalized spacial score (nSPS) is 13.8. The molecule has 0 spiro atoms. The molecule has 0 radical (unpaired) electrons. The summed E-state index contributed by atoms with van der Waals surface area (Å²) in [5.41, 5.74) is 3.49. The van der Waals surface area contributed by atoms with Crippen LogP contribution in [-0.4, -0.2) is 39.9 Å². The Labute approximate surface area is 219 Å². The molecule has 2 aromatic carbocycles. The van der Waals surface area contributed by atoms with Crippen LogP contribution in [0.15, 0.2) is 83.3 Å². The quantitative estimate of drug-likeness (QED) is 0.257. The number of ether oxygens (including phenoxy) is 2. The van der Waals surface area contributed by atoms with Gasteiger partial charge >= 0.3 is 11.9 Å². The number of para-hydroxylation sites is 1. The first kappa shape index (κ1) is 26.3. The van der Waals surface area contributed by atoms with Crippen LogP contribution in [0.4, 0.5) is 5.69 Å². The van der Waals surface area contributed by atoms with E-state index >= 15 is 0 Å². The van der Waals surface area contributed by atoms with Crippen LogP contribution in [0.5, 0.6) is 0 Å². The van der Waals surface area contributed by atoms with Crippen molar-refractivity contribution >= 4 is 17.6 Å². The molecule has 1 N–H and O–H groups in total. The number of carbonyl (C=O) groups excluding carboxylic acids is 2. The van der Waals surface area contributed by atoms with Gasteiger partial charge in [0.15, 0.2) is 0 Å². The molecule has 3 aromatic rings. The summed E-state index contributed by atoms with van der Waals surface area (Å²) in [6, 6.07) is 15.4. The number of carbonyl (C=O) groups is 2. The van der Waals surface area contributed by atoms with Gasteiger partial charge in [-0.2, -0.15) is 5.10 Å². The zero-order chi connectivity index (χ0) is 27.4. The zero-order valence-electron chi connectivity index (χ0n) is 21.6. The minimum atomic E-state index is -0.902. The average molecular weight is 517 g/mol. The number of nitro groups is 1. The second-order valence-electron chi connectivity index (χ2n) is 8.60. The van der Waals surface area contributed by atoms with Crippen LogP contribution in [0.2, 0.25) is 0 Å². The van der Waals surface area contributed by atoms with Crippen LogP contribution in [0.3, 0.4) is 0 Å². The maximum atomic E-state index is 13.3. The van der Waals surface area contributed by atoms with Gasteiger partial charge in [-0.15, -0.1) is 0 Å². The molecule has 1 aliphatic rings. The van der Waals surface area contributed by atoms with Gasteiger partial charge in [-0.3, -0.25) is 10.1 Å². The Bertz CT molecular complexity index is 1410. The second-order valence-corrected chi connectivity index (χ2v) is 8.60. The molecule has 0 aliphatic carbocycles. The zero-order valence-corrected chi connectivity index (χ0v) is 21.6. The number of nitrogens with zero attached hydrogens (tertiary/aromatic N) is 3. The largest absolute Gasteiger partial charge is 0.463 e. The average Bonchev–Trinajstić information content (AvgIpc) is 3.34. The number of rotatable bonds is 8. The number of hydrogen-bond donors (Lipinski definition) is 1. The molecule has 196 valence electrons. The standard InChI is InChI=1S/C28H28N4O6/c1-5-37-27(33)23-17(3)29-18(4)24(28(34)38-6-2)25(23)22-16-31(20-12-8-7-9-13-20)30-26(22)19-11-10-14-21(15-19)32(35)36/h7-16,25,29H,5-6H2,1-4H3. The van der Waals surface area contributed by atoms with Gasteiger partial charge in [0.05, 0.1) is 46.6 Å². The summed E-state index contributed by atoms with van der Waals surface area (Å²) in [6.45, 7) is 7.16. The van der Waals surface area contributed by atoms with Gasteiger partial charge in [0.25, 0.3) is 5.69 Å².